The fraction of sp³-hybridized carbons (Fsp3) is 0.286. The summed E-state index contributed by atoms with van der Waals surface area (Å²) in [6, 6.07) is 4.21. The number of fused-ring (bicyclic) bond motifs is 1. The van der Waals surface area contributed by atoms with Gasteiger partial charge in [-0.25, -0.2) is 4.39 Å². The van der Waals surface area contributed by atoms with Gasteiger partial charge in [-0.3, -0.25) is 4.79 Å². The molecule has 4 nitrogen and oxygen atoms in total. The quantitative estimate of drug-likeness (QED) is 0.812. The van der Waals surface area contributed by atoms with Gasteiger partial charge < -0.3 is 9.42 Å². The number of aromatic nitrogens is 1. The Hall–Kier alpha value is -1.88. The van der Waals surface area contributed by atoms with Crippen LogP contribution in [0.4, 0.5) is 4.39 Å². The van der Waals surface area contributed by atoms with E-state index in [1.54, 1.807) is 0 Å². The van der Waals surface area contributed by atoms with Crippen molar-refractivity contribution in [1.82, 2.24) is 10.1 Å². The van der Waals surface area contributed by atoms with Crippen LogP contribution in [-0.4, -0.2) is 22.5 Å². The molecule has 0 N–H and O–H groups in total. The van der Waals surface area contributed by atoms with Gasteiger partial charge in [0.1, 0.15) is 5.82 Å². The average Bonchev–Trinajstić information content (AvgIpc) is 2.79. The molecule has 2 aromatic rings. The van der Waals surface area contributed by atoms with Crippen LogP contribution >= 0.6 is 11.6 Å². The fourth-order valence-corrected chi connectivity index (χ4v) is 2.66. The Morgan fingerprint density at radius 3 is 3.05 bits per heavy atom. The van der Waals surface area contributed by atoms with E-state index >= 15 is 0 Å². The Morgan fingerprint density at radius 2 is 2.30 bits per heavy atom. The van der Waals surface area contributed by atoms with Gasteiger partial charge in [-0.2, -0.15) is 0 Å². The molecule has 6 heteroatoms. The maximum absolute atomic E-state index is 13.8. The Morgan fingerprint density at radius 1 is 1.50 bits per heavy atom. The topological polar surface area (TPSA) is 46.3 Å². The third kappa shape index (κ3) is 2.08. The van der Waals surface area contributed by atoms with Crippen LogP contribution in [0.5, 0.6) is 0 Å². The lowest BCUT2D eigenvalue weighted by atomic mass is 10.0. The molecule has 2 heterocycles. The number of halogens is 2. The fourth-order valence-electron chi connectivity index (χ4n) is 2.41. The second-order valence-corrected chi connectivity index (χ2v) is 5.15. The van der Waals surface area contributed by atoms with Crippen LogP contribution in [0.1, 0.15) is 27.4 Å². The first-order valence-electron chi connectivity index (χ1n) is 6.25. The highest BCUT2D eigenvalue weighted by Crippen LogP contribution is 2.26. The normalized spacial score (nSPS) is 14.2. The summed E-state index contributed by atoms with van der Waals surface area (Å²) in [5.74, 6) is -0.371. The molecule has 0 aliphatic carbocycles. The third-order valence-corrected chi connectivity index (χ3v) is 3.81. The van der Waals surface area contributed by atoms with Crippen molar-refractivity contribution in [3.8, 4) is 0 Å². The summed E-state index contributed by atoms with van der Waals surface area (Å²) in [6.07, 6.45) is 0.655. The lowest BCUT2D eigenvalue weighted by molar-refractivity contribution is 0.0711. The first kappa shape index (κ1) is 13.1. The van der Waals surface area contributed by atoms with Crippen LogP contribution in [0.2, 0.25) is 5.02 Å². The molecule has 0 saturated heterocycles. The number of carbonyl (C=O) groups is 1. The molecule has 3 rings (SSSR count). The number of benzene rings is 1. The number of amides is 1. The van der Waals surface area contributed by atoms with E-state index in [-0.39, 0.29) is 10.6 Å². The van der Waals surface area contributed by atoms with Gasteiger partial charge in [-0.15, -0.1) is 0 Å². The van der Waals surface area contributed by atoms with Crippen molar-refractivity contribution < 1.29 is 13.7 Å². The van der Waals surface area contributed by atoms with Gasteiger partial charge in [0, 0.05) is 12.1 Å². The number of hydrogen-bond acceptors (Lipinski definition) is 3. The molecule has 0 bridgehead atoms. The second-order valence-electron chi connectivity index (χ2n) is 4.74. The van der Waals surface area contributed by atoms with Gasteiger partial charge in [0.2, 0.25) is 0 Å². The van der Waals surface area contributed by atoms with Crippen molar-refractivity contribution in [3.05, 3.63) is 51.6 Å². The van der Waals surface area contributed by atoms with E-state index in [2.05, 4.69) is 5.16 Å². The van der Waals surface area contributed by atoms with E-state index in [1.807, 2.05) is 6.92 Å². The highest BCUT2D eigenvalue weighted by Gasteiger charge is 2.28. The van der Waals surface area contributed by atoms with Crippen LogP contribution in [0, 0.1) is 12.7 Å². The van der Waals surface area contributed by atoms with Gasteiger partial charge in [0.25, 0.3) is 5.91 Å². The molecule has 0 spiro atoms. The van der Waals surface area contributed by atoms with Gasteiger partial charge in [0.05, 0.1) is 22.8 Å². The number of nitrogens with zero attached hydrogens (tertiary/aromatic N) is 2. The molecular formula is C14H12ClFN2O2. The van der Waals surface area contributed by atoms with E-state index in [0.717, 1.165) is 11.3 Å². The molecule has 1 amide bonds. The van der Waals surface area contributed by atoms with Crippen molar-refractivity contribution >= 4 is 17.5 Å². The summed E-state index contributed by atoms with van der Waals surface area (Å²) in [6.45, 7) is 2.66. The van der Waals surface area contributed by atoms with Crippen LogP contribution in [0.3, 0.4) is 0 Å². The minimum Gasteiger partial charge on any atom is -0.359 e. The minimum absolute atomic E-state index is 0.0890. The number of rotatable bonds is 1. The van der Waals surface area contributed by atoms with Gasteiger partial charge in [-0.05, 0) is 25.5 Å². The van der Waals surface area contributed by atoms with E-state index in [9.17, 15) is 9.18 Å². The van der Waals surface area contributed by atoms with Gasteiger partial charge in [-0.1, -0.05) is 22.8 Å². The number of aryl methyl sites for hydroxylation is 1. The Labute approximate surface area is 120 Å². The molecule has 104 valence electrons. The zero-order chi connectivity index (χ0) is 14.3. The van der Waals surface area contributed by atoms with E-state index < -0.39 is 11.7 Å². The number of hydrogen-bond donors (Lipinski definition) is 0. The van der Waals surface area contributed by atoms with E-state index in [0.29, 0.717) is 25.3 Å². The smallest absolute Gasteiger partial charge is 0.258 e. The minimum atomic E-state index is -0.609. The summed E-state index contributed by atoms with van der Waals surface area (Å²) < 4.78 is 19.0. The lowest BCUT2D eigenvalue weighted by Crippen LogP contribution is -2.36. The molecule has 1 aliphatic rings. The zero-order valence-electron chi connectivity index (χ0n) is 10.8. The Bertz CT molecular complexity index is 664. The lowest BCUT2D eigenvalue weighted by Gasteiger charge is -2.26. The molecule has 0 atom stereocenters. The molecule has 1 aromatic carbocycles. The second kappa shape index (κ2) is 4.90. The largest absolute Gasteiger partial charge is 0.359 e. The monoisotopic (exact) mass is 294 g/mol. The Kier molecular flexibility index (Phi) is 3.22. The molecule has 0 saturated carbocycles. The average molecular weight is 295 g/mol. The van der Waals surface area contributed by atoms with Crippen molar-refractivity contribution in [2.75, 3.05) is 6.54 Å². The molecule has 1 aliphatic heterocycles. The Balaban J connectivity index is 1.90. The predicted molar refractivity (Wildman–Crippen MR) is 71.1 cm³/mol. The maximum atomic E-state index is 13.8. The first-order chi connectivity index (χ1) is 9.58. The van der Waals surface area contributed by atoms with Crippen LogP contribution in [0.25, 0.3) is 0 Å². The van der Waals surface area contributed by atoms with Crippen LogP contribution < -0.4 is 0 Å². The van der Waals surface area contributed by atoms with Crippen molar-refractivity contribution in [3.63, 3.8) is 0 Å². The molecule has 0 radical (unpaired) electrons. The summed E-state index contributed by atoms with van der Waals surface area (Å²) in [5, 5.41) is 4.01. The first-order valence-corrected chi connectivity index (χ1v) is 6.63. The van der Waals surface area contributed by atoms with Gasteiger partial charge in [0.15, 0.2) is 5.76 Å². The summed E-state index contributed by atoms with van der Waals surface area (Å²) in [5.41, 5.74) is 1.79. The van der Waals surface area contributed by atoms with Crippen LogP contribution in [0.15, 0.2) is 22.7 Å². The summed E-state index contributed by atoms with van der Waals surface area (Å²) in [4.78, 5) is 13.9. The molecule has 20 heavy (non-hydrogen) atoms. The third-order valence-electron chi connectivity index (χ3n) is 3.50. The highest BCUT2D eigenvalue weighted by molar-refractivity contribution is 6.33. The van der Waals surface area contributed by atoms with Gasteiger partial charge >= 0.3 is 0 Å². The van der Waals surface area contributed by atoms with E-state index in [4.69, 9.17) is 16.1 Å². The standard InChI is InChI=1S/C14H12ClFN2O2/c1-8-9-5-6-18(7-12(9)20-17-8)14(19)13-10(15)3-2-4-11(13)16/h2-4H,5-7H2,1H3. The summed E-state index contributed by atoms with van der Waals surface area (Å²) in [7, 11) is 0. The molecule has 0 fully saturated rings. The molecule has 1 aromatic heterocycles. The molecule has 0 unspecified atom stereocenters. The predicted octanol–water partition coefficient (Wildman–Crippen LogP) is 2.97. The number of carbonyl (C=O) groups excluding carboxylic acids is 1. The van der Waals surface area contributed by atoms with Crippen molar-refractivity contribution in [1.29, 1.82) is 0 Å². The maximum Gasteiger partial charge on any atom is 0.258 e. The molecular weight excluding hydrogens is 283 g/mol. The van der Waals surface area contributed by atoms with Crippen molar-refractivity contribution in [2.24, 2.45) is 0 Å². The van der Waals surface area contributed by atoms with Crippen LogP contribution in [-0.2, 0) is 13.0 Å². The van der Waals surface area contributed by atoms with E-state index in [1.165, 1.54) is 23.1 Å². The zero-order valence-corrected chi connectivity index (χ0v) is 11.6. The SMILES string of the molecule is Cc1noc2c1CCN(C(=O)c1c(F)cccc1Cl)C2. The summed E-state index contributed by atoms with van der Waals surface area (Å²) >= 11 is 5.92. The van der Waals surface area contributed by atoms with Crippen molar-refractivity contribution in [2.45, 2.75) is 19.9 Å². The highest BCUT2D eigenvalue weighted by atomic mass is 35.5.